The van der Waals surface area contributed by atoms with Crippen LogP contribution in [-0.2, 0) is 11.3 Å². The Morgan fingerprint density at radius 2 is 2.19 bits per heavy atom. The van der Waals surface area contributed by atoms with Gasteiger partial charge < -0.3 is 14.8 Å². The zero-order valence-corrected chi connectivity index (χ0v) is 11.7. The SMILES string of the molecule is C[C@@H](C(=O)NCc1ccc2c(c1)OCCO2)n1cncn1. The van der Waals surface area contributed by atoms with Gasteiger partial charge in [0.05, 0.1) is 0 Å². The summed E-state index contributed by atoms with van der Waals surface area (Å²) in [4.78, 5) is 15.9. The first-order chi connectivity index (χ1) is 10.2. The van der Waals surface area contributed by atoms with Crippen molar-refractivity contribution in [3.8, 4) is 11.5 Å². The number of carbonyl (C=O) groups excluding carboxylic acids is 1. The predicted octanol–water partition coefficient (Wildman–Crippen LogP) is 0.927. The van der Waals surface area contributed by atoms with Gasteiger partial charge in [0.1, 0.15) is 31.9 Å². The van der Waals surface area contributed by atoms with E-state index < -0.39 is 6.04 Å². The topological polar surface area (TPSA) is 78.3 Å². The minimum Gasteiger partial charge on any atom is -0.486 e. The molecule has 0 fully saturated rings. The van der Waals surface area contributed by atoms with Gasteiger partial charge >= 0.3 is 0 Å². The van der Waals surface area contributed by atoms with Gasteiger partial charge in [-0.1, -0.05) is 6.07 Å². The summed E-state index contributed by atoms with van der Waals surface area (Å²) in [5.41, 5.74) is 0.957. The highest BCUT2D eigenvalue weighted by molar-refractivity contribution is 5.79. The normalized spacial score (nSPS) is 14.5. The first-order valence-corrected chi connectivity index (χ1v) is 6.74. The standard InChI is InChI=1S/C14H16N4O3/c1-10(18-9-15-8-17-18)14(19)16-7-11-2-3-12-13(6-11)21-5-4-20-12/h2-3,6,8-10H,4-5,7H2,1H3,(H,16,19)/t10-/m0/s1. The lowest BCUT2D eigenvalue weighted by Crippen LogP contribution is -2.30. The second-order valence-electron chi connectivity index (χ2n) is 4.75. The van der Waals surface area contributed by atoms with Crippen molar-refractivity contribution in [2.75, 3.05) is 13.2 Å². The number of fused-ring (bicyclic) bond motifs is 1. The van der Waals surface area contributed by atoms with E-state index in [0.29, 0.717) is 19.8 Å². The first kappa shape index (κ1) is 13.4. The number of amides is 1. The van der Waals surface area contributed by atoms with E-state index in [1.165, 1.54) is 17.3 Å². The molecule has 7 nitrogen and oxygen atoms in total. The lowest BCUT2D eigenvalue weighted by molar-refractivity contribution is -0.124. The molecule has 0 spiro atoms. The molecule has 0 saturated carbocycles. The molecule has 0 saturated heterocycles. The molecule has 2 heterocycles. The molecule has 0 bridgehead atoms. The number of hydrogen-bond acceptors (Lipinski definition) is 5. The Morgan fingerprint density at radius 1 is 1.38 bits per heavy atom. The molecule has 0 aliphatic carbocycles. The van der Waals surface area contributed by atoms with Crippen LogP contribution in [0.3, 0.4) is 0 Å². The minimum absolute atomic E-state index is 0.115. The highest BCUT2D eigenvalue weighted by atomic mass is 16.6. The molecule has 2 aromatic rings. The van der Waals surface area contributed by atoms with E-state index in [0.717, 1.165) is 17.1 Å². The number of benzene rings is 1. The molecule has 21 heavy (non-hydrogen) atoms. The molecule has 1 aliphatic rings. The summed E-state index contributed by atoms with van der Waals surface area (Å²) in [6.45, 7) is 3.31. The fourth-order valence-corrected chi connectivity index (χ4v) is 2.07. The molecule has 1 aromatic carbocycles. The van der Waals surface area contributed by atoms with Crippen LogP contribution in [0.25, 0.3) is 0 Å². The molecular formula is C14H16N4O3. The fraction of sp³-hybridized carbons (Fsp3) is 0.357. The van der Waals surface area contributed by atoms with Crippen molar-refractivity contribution in [2.45, 2.75) is 19.5 Å². The van der Waals surface area contributed by atoms with Gasteiger partial charge in [0.15, 0.2) is 11.5 Å². The molecule has 0 radical (unpaired) electrons. The minimum atomic E-state index is -0.398. The van der Waals surface area contributed by atoms with Crippen LogP contribution < -0.4 is 14.8 Å². The van der Waals surface area contributed by atoms with Crippen LogP contribution in [0.15, 0.2) is 30.9 Å². The van der Waals surface area contributed by atoms with E-state index in [1.54, 1.807) is 6.92 Å². The molecule has 110 valence electrons. The molecule has 1 atom stereocenters. The largest absolute Gasteiger partial charge is 0.486 e. The highest BCUT2D eigenvalue weighted by Crippen LogP contribution is 2.30. The number of rotatable bonds is 4. The molecule has 1 amide bonds. The number of nitrogens with one attached hydrogen (secondary N) is 1. The van der Waals surface area contributed by atoms with E-state index in [9.17, 15) is 4.79 Å². The third kappa shape index (κ3) is 2.96. The Bertz CT molecular complexity index is 627. The lowest BCUT2D eigenvalue weighted by atomic mass is 10.2. The average Bonchev–Trinajstić information content (AvgIpc) is 3.06. The van der Waals surface area contributed by atoms with Crippen LogP contribution in [0.2, 0.25) is 0 Å². The van der Waals surface area contributed by atoms with Crippen molar-refractivity contribution in [1.82, 2.24) is 20.1 Å². The van der Waals surface area contributed by atoms with E-state index in [2.05, 4.69) is 15.4 Å². The van der Waals surface area contributed by atoms with Crippen molar-refractivity contribution in [1.29, 1.82) is 0 Å². The van der Waals surface area contributed by atoms with Crippen LogP contribution in [0, 0.1) is 0 Å². The maximum atomic E-state index is 12.0. The van der Waals surface area contributed by atoms with Crippen LogP contribution >= 0.6 is 0 Å². The Labute approximate surface area is 121 Å². The monoisotopic (exact) mass is 288 g/mol. The number of nitrogens with zero attached hydrogens (tertiary/aromatic N) is 3. The molecule has 0 unspecified atom stereocenters. The quantitative estimate of drug-likeness (QED) is 0.905. The van der Waals surface area contributed by atoms with Gasteiger partial charge in [0.25, 0.3) is 0 Å². The van der Waals surface area contributed by atoms with Gasteiger partial charge in [-0.3, -0.25) is 4.79 Å². The summed E-state index contributed by atoms with van der Waals surface area (Å²) >= 11 is 0. The van der Waals surface area contributed by atoms with Gasteiger partial charge in [-0.25, -0.2) is 9.67 Å². The van der Waals surface area contributed by atoms with E-state index in [4.69, 9.17) is 9.47 Å². The Morgan fingerprint density at radius 3 is 2.95 bits per heavy atom. The summed E-state index contributed by atoms with van der Waals surface area (Å²) in [5, 5.41) is 6.83. The zero-order valence-electron chi connectivity index (χ0n) is 11.7. The van der Waals surface area contributed by atoms with Crippen LogP contribution in [0.5, 0.6) is 11.5 Å². The number of carbonyl (C=O) groups is 1. The first-order valence-electron chi connectivity index (χ1n) is 6.74. The molecule has 3 rings (SSSR count). The molecule has 1 aliphatic heterocycles. The second kappa shape index (κ2) is 5.82. The smallest absolute Gasteiger partial charge is 0.244 e. The maximum absolute atomic E-state index is 12.0. The summed E-state index contributed by atoms with van der Waals surface area (Å²) < 4.78 is 12.5. The molecule has 7 heteroatoms. The molecule has 1 aromatic heterocycles. The maximum Gasteiger partial charge on any atom is 0.244 e. The van der Waals surface area contributed by atoms with Crippen molar-refractivity contribution < 1.29 is 14.3 Å². The third-order valence-electron chi connectivity index (χ3n) is 3.29. The van der Waals surface area contributed by atoms with Crippen LogP contribution in [0.1, 0.15) is 18.5 Å². The molecular weight excluding hydrogens is 272 g/mol. The Hall–Kier alpha value is -2.57. The van der Waals surface area contributed by atoms with Gasteiger partial charge in [-0.2, -0.15) is 5.10 Å². The average molecular weight is 288 g/mol. The third-order valence-corrected chi connectivity index (χ3v) is 3.29. The zero-order chi connectivity index (χ0) is 14.7. The van der Waals surface area contributed by atoms with E-state index >= 15 is 0 Å². The summed E-state index contributed by atoms with van der Waals surface area (Å²) in [6.07, 6.45) is 2.93. The lowest BCUT2D eigenvalue weighted by Gasteiger charge is -2.19. The number of hydrogen-bond donors (Lipinski definition) is 1. The Kier molecular flexibility index (Phi) is 3.72. The highest BCUT2D eigenvalue weighted by Gasteiger charge is 2.16. The predicted molar refractivity (Wildman–Crippen MR) is 74.0 cm³/mol. The van der Waals surface area contributed by atoms with E-state index in [1.807, 2.05) is 18.2 Å². The van der Waals surface area contributed by atoms with Crippen LogP contribution in [-0.4, -0.2) is 33.9 Å². The summed E-state index contributed by atoms with van der Waals surface area (Å²) in [7, 11) is 0. The van der Waals surface area contributed by atoms with Gasteiger partial charge in [0.2, 0.25) is 5.91 Å². The van der Waals surface area contributed by atoms with Crippen molar-refractivity contribution in [3.63, 3.8) is 0 Å². The molecule has 1 N–H and O–H groups in total. The van der Waals surface area contributed by atoms with Crippen molar-refractivity contribution in [2.24, 2.45) is 0 Å². The van der Waals surface area contributed by atoms with Gasteiger partial charge in [0, 0.05) is 6.54 Å². The Balaban J connectivity index is 1.61. The van der Waals surface area contributed by atoms with Crippen LogP contribution in [0.4, 0.5) is 0 Å². The summed E-state index contributed by atoms with van der Waals surface area (Å²) in [6, 6.07) is 5.25. The van der Waals surface area contributed by atoms with E-state index in [-0.39, 0.29) is 5.91 Å². The van der Waals surface area contributed by atoms with Crippen molar-refractivity contribution >= 4 is 5.91 Å². The number of aromatic nitrogens is 3. The summed E-state index contributed by atoms with van der Waals surface area (Å²) in [5.74, 6) is 1.35. The van der Waals surface area contributed by atoms with Gasteiger partial charge in [-0.05, 0) is 24.6 Å². The second-order valence-corrected chi connectivity index (χ2v) is 4.75. The van der Waals surface area contributed by atoms with Gasteiger partial charge in [-0.15, -0.1) is 0 Å². The fourth-order valence-electron chi connectivity index (χ4n) is 2.07. The van der Waals surface area contributed by atoms with Crippen molar-refractivity contribution in [3.05, 3.63) is 36.4 Å². The number of ether oxygens (including phenoxy) is 2.